The van der Waals surface area contributed by atoms with E-state index in [4.69, 9.17) is 14.2 Å². The van der Waals surface area contributed by atoms with E-state index in [0.29, 0.717) is 64.1 Å². The van der Waals surface area contributed by atoms with Gasteiger partial charge in [0.1, 0.15) is 18.1 Å². The molecule has 4 unspecified atom stereocenters. The summed E-state index contributed by atoms with van der Waals surface area (Å²) in [5.74, 6) is -1.49. The molecule has 0 saturated carbocycles. The number of amides is 2. The van der Waals surface area contributed by atoms with Crippen LogP contribution in [0.25, 0.3) is 0 Å². The Kier molecular flexibility index (Phi) is 23.3. The van der Waals surface area contributed by atoms with Crippen molar-refractivity contribution in [3.05, 3.63) is 5.21 Å². The van der Waals surface area contributed by atoms with Gasteiger partial charge in [-0.2, -0.15) is 0 Å². The van der Waals surface area contributed by atoms with E-state index in [1.54, 1.807) is 7.05 Å². The number of rotatable bonds is 27. The van der Waals surface area contributed by atoms with Crippen LogP contribution in [-0.2, 0) is 33.4 Å². The van der Waals surface area contributed by atoms with Crippen LogP contribution in [-0.4, -0.2) is 114 Å². The van der Waals surface area contributed by atoms with E-state index in [1.165, 1.54) is 6.92 Å². The molecule has 0 spiro atoms. The minimum Gasteiger partial charge on any atom is -0.784 e. The molecule has 0 aromatic carbocycles. The third-order valence-corrected chi connectivity index (χ3v) is 10.3. The maximum Gasteiger partial charge on any atom is 0.408 e. The zero-order chi connectivity index (χ0) is 42.6. The highest BCUT2D eigenvalue weighted by Gasteiger charge is 2.43. The van der Waals surface area contributed by atoms with Gasteiger partial charge in [-0.25, -0.2) is 9.59 Å². The fourth-order valence-electron chi connectivity index (χ4n) is 7.51. The Morgan fingerprint density at radius 2 is 1.23 bits per heavy atom. The lowest BCUT2D eigenvalue weighted by Crippen LogP contribution is -2.63. The van der Waals surface area contributed by atoms with Gasteiger partial charge >= 0.3 is 18.0 Å². The van der Waals surface area contributed by atoms with Crippen molar-refractivity contribution < 1.29 is 38.2 Å². The van der Waals surface area contributed by atoms with Crippen molar-refractivity contribution in [2.45, 2.75) is 195 Å². The van der Waals surface area contributed by atoms with Crippen LogP contribution in [0.4, 0.5) is 4.79 Å². The van der Waals surface area contributed by atoms with E-state index in [1.807, 2.05) is 60.3 Å². The van der Waals surface area contributed by atoms with E-state index < -0.39 is 53.0 Å². The lowest BCUT2D eigenvalue weighted by molar-refractivity contribution is -0.150. The molecular weight excluding hydrogens is 718 g/mol. The van der Waals surface area contributed by atoms with Crippen molar-refractivity contribution in [3.63, 3.8) is 0 Å². The molecule has 14 heteroatoms. The van der Waals surface area contributed by atoms with Crippen molar-refractivity contribution in [1.29, 1.82) is 0 Å². The number of ketones is 1. The second-order valence-electron chi connectivity index (χ2n) is 17.7. The van der Waals surface area contributed by atoms with Crippen LogP contribution in [0.2, 0.25) is 0 Å². The molecule has 1 aliphatic heterocycles. The molecule has 1 heterocycles. The monoisotopic (exact) mass is 797 g/mol. The smallest absolute Gasteiger partial charge is 0.408 e. The van der Waals surface area contributed by atoms with Gasteiger partial charge in [-0.05, 0) is 131 Å². The molecule has 0 aromatic heterocycles. The van der Waals surface area contributed by atoms with Crippen molar-refractivity contribution in [1.82, 2.24) is 25.9 Å². The minimum absolute atomic E-state index is 0.0352. The molecular formula is C42H78N5O9-. The number of nitrogens with one attached hydrogen (secondary N) is 3. The Morgan fingerprint density at radius 1 is 0.768 bits per heavy atom. The van der Waals surface area contributed by atoms with E-state index >= 15 is 0 Å². The van der Waals surface area contributed by atoms with Crippen LogP contribution in [0.1, 0.15) is 153 Å². The number of esters is 2. The van der Waals surface area contributed by atoms with E-state index in [0.717, 1.165) is 43.6 Å². The Labute approximate surface area is 338 Å². The van der Waals surface area contributed by atoms with Gasteiger partial charge in [-0.15, -0.1) is 0 Å². The third-order valence-electron chi connectivity index (χ3n) is 10.3. The van der Waals surface area contributed by atoms with Gasteiger partial charge in [0, 0.05) is 17.1 Å². The number of hydrogen-bond donors (Lipinski definition) is 3. The number of piperidine rings is 1. The molecule has 0 aliphatic carbocycles. The highest BCUT2D eigenvalue weighted by molar-refractivity contribution is 5.94. The Morgan fingerprint density at radius 3 is 1.66 bits per heavy atom. The number of alkyl carbamates (subject to hydrolysis) is 1. The van der Waals surface area contributed by atoms with Crippen LogP contribution in [0.3, 0.4) is 0 Å². The van der Waals surface area contributed by atoms with Crippen LogP contribution >= 0.6 is 0 Å². The first-order valence-corrected chi connectivity index (χ1v) is 21.2. The second kappa shape index (κ2) is 25.5. The van der Waals surface area contributed by atoms with Crippen LogP contribution < -0.4 is 16.0 Å². The molecule has 14 nitrogen and oxygen atoms in total. The van der Waals surface area contributed by atoms with E-state index in [9.17, 15) is 29.2 Å². The van der Waals surface area contributed by atoms with Gasteiger partial charge in [-0.3, -0.25) is 19.3 Å². The molecule has 0 aromatic rings. The number of nitrogens with zero attached hydrogens (tertiary/aromatic N) is 2. The third kappa shape index (κ3) is 18.2. The molecule has 0 radical (unpaired) electrons. The summed E-state index contributed by atoms with van der Waals surface area (Å²) >= 11 is 0. The molecule has 4 atom stereocenters. The fraction of sp³-hybridized carbons (Fsp3) is 0.881. The molecule has 1 fully saturated rings. The maximum atomic E-state index is 14.4. The SMILES string of the molecule is CCCCN(CCCC)C(C(=O)NC(CC(C)C)C(=O)OCCCCCCOC(=O)C(CC(C)C)NC)C(OC(=O)NC1CC(C)(C)N([O-])C(C)(C)C1)C(C)=O. The van der Waals surface area contributed by atoms with Crippen molar-refractivity contribution >= 4 is 29.7 Å². The van der Waals surface area contributed by atoms with Gasteiger partial charge in [0.05, 0.1) is 13.2 Å². The molecule has 1 aliphatic rings. The summed E-state index contributed by atoms with van der Waals surface area (Å²) in [7, 11) is 1.75. The highest BCUT2D eigenvalue weighted by Crippen LogP contribution is 2.37. The standard InChI is InChI=1S/C42H78N5O9/c1-13-15-21-46(22-16-14-2)35(36(31(7)48)56-40(52)44-32-27-41(8,9)47(53)42(10,11)28-32)37(49)45-34(26-30(5)6)39(51)55-24-20-18-17-19-23-54-38(50)33(43-12)25-29(3)4/h29-30,32-36,43H,13-28H2,1-12H3,(H,44,52)(H,45,49)/q-1. The molecule has 1 saturated heterocycles. The van der Waals surface area contributed by atoms with Crippen molar-refractivity contribution in [3.8, 4) is 0 Å². The summed E-state index contributed by atoms with van der Waals surface area (Å²) < 4.78 is 16.9. The maximum absolute atomic E-state index is 14.4. The Balaban J connectivity index is 3.07. The van der Waals surface area contributed by atoms with Gasteiger partial charge < -0.3 is 40.4 Å². The largest absolute Gasteiger partial charge is 0.784 e. The van der Waals surface area contributed by atoms with Crippen LogP contribution in [0.5, 0.6) is 0 Å². The first kappa shape index (κ1) is 51.2. The number of hydrogen-bond acceptors (Lipinski definition) is 12. The average Bonchev–Trinajstić information content (AvgIpc) is 3.09. The van der Waals surface area contributed by atoms with Gasteiger partial charge in [-0.1, -0.05) is 54.4 Å². The van der Waals surface area contributed by atoms with Gasteiger partial charge in [0.2, 0.25) is 5.91 Å². The van der Waals surface area contributed by atoms with E-state index in [2.05, 4.69) is 29.8 Å². The number of ether oxygens (including phenoxy) is 3. The summed E-state index contributed by atoms with van der Waals surface area (Å²) in [6.45, 7) is 22.2. The fourth-order valence-corrected chi connectivity index (χ4v) is 7.51. The summed E-state index contributed by atoms with van der Waals surface area (Å²) in [4.78, 5) is 68.8. The van der Waals surface area contributed by atoms with E-state index in [-0.39, 0.29) is 30.6 Å². The lowest BCUT2D eigenvalue weighted by atomic mass is 9.79. The topological polar surface area (TPSA) is 179 Å². The second-order valence-corrected chi connectivity index (χ2v) is 17.7. The van der Waals surface area contributed by atoms with Crippen molar-refractivity contribution in [2.24, 2.45) is 11.8 Å². The number of carbonyl (C=O) groups is 5. The zero-order valence-electron chi connectivity index (χ0n) is 36.9. The quantitative estimate of drug-likeness (QED) is 0.0483. The Hall–Kier alpha value is -2.81. The highest BCUT2D eigenvalue weighted by atomic mass is 16.6. The number of carbonyl (C=O) groups excluding carboxylic acids is 5. The molecule has 56 heavy (non-hydrogen) atoms. The van der Waals surface area contributed by atoms with Crippen molar-refractivity contribution in [2.75, 3.05) is 33.4 Å². The molecule has 326 valence electrons. The molecule has 0 bridgehead atoms. The number of unbranched alkanes of at least 4 members (excludes halogenated alkanes) is 5. The Bertz CT molecular complexity index is 1190. The molecule has 2 amide bonds. The summed E-state index contributed by atoms with van der Waals surface area (Å²) in [6.07, 6.45) is 5.55. The minimum atomic E-state index is -1.45. The normalized spacial score (nSPS) is 17.9. The zero-order valence-corrected chi connectivity index (χ0v) is 36.9. The average molecular weight is 797 g/mol. The predicted octanol–water partition coefficient (Wildman–Crippen LogP) is 6.27. The number of Topliss-reactive ketones (excluding diaryl/α,β-unsaturated/α-hetero) is 1. The van der Waals surface area contributed by atoms with Crippen LogP contribution in [0, 0.1) is 17.0 Å². The molecule has 1 rings (SSSR count). The number of hydroxylamine groups is 2. The first-order valence-electron chi connectivity index (χ1n) is 21.2. The summed E-state index contributed by atoms with van der Waals surface area (Å²) in [6, 6.07) is -2.86. The summed E-state index contributed by atoms with van der Waals surface area (Å²) in [5, 5.41) is 22.7. The van der Waals surface area contributed by atoms with Crippen LogP contribution in [0.15, 0.2) is 0 Å². The van der Waals surface area contributed by atoms with Gasteiger partial charge in [0.25, 0.3) is 0 Å². The molecule has 3 N–H and O–H groups in total. The lowest BCUT2D eigenvalue weighted by Gasteiger charge is -2.59. The number of likely N-dealkylation sites (N-methyl/N-ethyl adjacent to an activating group) is 1. The summed E-state index contributed by atoms with van der Waals surface area (Å²) in [5.41, 5.74) is -1.47. The first-order chi connectivity index (χ1) is 26.2. The van der Waals surface area contributed by atoms with Gasteiger partial charge in [0.15, 0.2) is 11.9 Å². The predicted molar refractivity (Wildman–Crippen MR) is 220 cm³/mol.